The standard InChI is InChI=1S/C17H18N4.ClH/c1-12-8-16(20-15-6-3-7-18-17(12)15)14-9-19-21(11-14)10-13-4-2-5-13;/h3,6-9,11,13H,2,4-5,10H2,1H3;1H. The summed E-state index contributed by atoms with van der Waals surface area (Å²) in [4.78, 5) is 9.11. The third-order valence-electron chi connectivity index (χ3n) is 4.35. The molecule has 3 aromatic rings. The number of aryl methyl sites for hydroxylation is 1. The minimum Gasteiger partial charge on any atom is -0.272 e. The molecule has 0 amide bonds. The van der Waals surface area contributed by atoms with Gasteiger partial charge in [0.25, 0.3) is 0 Å². The van der Waals surface area contributed by atoms with Crippen molar-refractivity contribution in [3.05, 3.63) is 42.4 Å². The van der Waals surface area contributed by atoms with E-state index in [0.29, 0.717) is 0 Å². The van der Waals surface area contributed by atoms with E-state index in [9.17, 15) is 0 Å². The highest BCUT2D eigenvalue weighted by Gasteiger charge is 2.18. The predicted molar refractivity (Wildman–Crippen MR) is 90.1 cm³/mol. The fraction of sp³-hybridized carbons (Fsp3) is 0.353. The first kappa shape index (κ1) is 15.0. The Morgan fingerprint density at radius 2 is 2.18 bits per heavy atom. The van der Waals surface area contributed by atoms with Crippen molar-refractivity contribution in [2.75, 3.05) is 0 Å². The zero-order valence-corrected chi connectivity index (χ0v) is 13.4. The zero-order valence-electron chi connectivity index (χ0n) is 12.6. The van der Waals surface area contributed by atoms with Gasteiger partial charge in [-0.1, -0.05) is 6.42 Å². The van der Waals surface area contributed by atoms with Crippen LogP contribution in [0.25, 0.3) is 22.3 Å². The summed E-state index contributed by atoms with van der Waals surface area (Å²) < 4.78 is 2.06. The van der Waals surface area contributed by atoms with E-state index in [0.717, 1.165) is 40.3 Å². The maximum absolute atomic E-state index is 4.72. The van der Waals surface area contributed by atoms with Crippen molar-refractivity contribution in [1.29, 1.82) is 0 Å². The molecule has 0 aliphatic heterocycles. The molecule has 22 heavy (non-hydrogen) atoms. The van der Waals surface area contributed by atoms with E-state index in [1.165, 1.54) is 19.3 Å². The predicted octanol–water partition coefficient (Wildman–Crippen LogP) is 4.02. The van der Waals surface area contributed by atoms with Gasteiger partial charge < -0.3 is 0 Å². The molecule has 0 spiro atoms. The number of hydrogen-bond donors (Lipinski definition) is 0. The summed E-state index contributed by atoms with van der Waals surface area (Å²) in [5.41, 5.74) is 5.14. The van der Waals surface area contributed by atoms with Gasteiger partial charge in [-0.2, -0.15) is 5.10 Å². The first-order chi connectivity index (χ1) is 10.3. The Kier molecular flexibility index (Phi) is 4.12. The lowest BCUT2D eigenvalue weighted by Gasteiger charge is -2.24. The monoisotopic (exact) mass is 314 g/mol. The van der Waals surface area contributed by atoms with Crippen LogP contribution < -0.4 is 0 Å². The van der Waals surface area contributed by atoms with Crippen LogP contribution in [-0.4, -0.2) is 19.7 Å². The summed E-state index contributed by atoms with van der Waals surface area (Å²) in [5, 5.41) is 4.49. The highest BCUT2D eigenvalue weighted by atomic mass is 35.5. The summed E-state index contributed by atoms with van der Waals surface area (Å²) in [7, 11) is 0. The molecule has 3 heterocycles. The lowest BCUT2D eigenvalue weighted by molar-refractivity contribution is 0.266. The van der Waals surface area contributed by atoms with Gasteiger partial charge in [0.15, 0.2) is 0 Å². The summed E-state index contributed by atoms with van der Waals surface area (Å²) in [6.45, 7) is 3.12. The van der Waals surface area contributed by atoms with Crippen LogP contribution >= 0.6 is 12.4 Å². The van der Waals surface area contributed by atoms with Gasteiger partial charge in [-0.15, -0.1) is 12.4 Å². The minimum absolute atomic E-state index is 0. The number of rotatable bonds is 3. The molecule has 0 unspecified atom stereocenters. The number of aromatic nitrogens is 4. The van der Waals surface area contributed by atoms with Gasteiger partial charge in [0.2, 0.25) is 0 Å². The first-order valence-corrected chi connectivity index (χ1v) is 7.55. The molecule has 114 valence electrons. The van der Waals surface area contributed by atoms with Crippen LogP contribution in [0.1, 0.15) is 24.8 Å². The normalized spacial score (nSPS) is 14.6. The van der Waals surface area contributed by atoms with Gasteiger partial charge in [-0.3, -0.25) is 9.67 Å². The minimum atomic E-state index is 0. The van der Waals surface area contributed by atoms with Gasteiger partial charge in [-0.25, -0.2) is 4.98 Å². The van der Waals surface area contributed by atoms with E-state index in [1.807, 2.05) is 24.5 Å². The largest absolute Gasteiger partial charge is 0.272 e. The Morgan fingerprint density at radius 3 is 2.95 bits per heavy atom. The number of halogens is 1. The number of fused-ring (bicyclic) bond motifs is 1. The number of nitrogens with zero attached hydrogens (tertiary/aromatic N) is 4. The van der Waals surface area contributed by atoms with E-state index in [4.69, 9.17) is 4.98 Å². The number of hydrogen-bond acceptors (Lipinski definition) is 3. The molecule has 1 aliphatic carbocycles. The molecule has 1 aliphatic rings. The maximum Gasteiger partial charge on any atom is 0.0916 e. The molecule has 3 aromatic heterocycles. The topological polar surface area (TPSA) is 43.6 Å². The van der Waals surface area contributed by atoms with Gasteiger partial charge >= 0.3 is 0 Å². The molecule has 0 aromatic carbocycles. The molecule has 4 rings (SSSR count). The third-order valence-corrected chi connectivity index (χ3v) is 4.35. The van der Waals surface area contributed by atoms with Crippen LogP contribution in [0.5, 0.6) is 0 Å². The van der Waals surface area contributed by atoms with Crippen molar-refractivity contribution >= 4 is 23.4 Å². The van der Waals surface area contributed by atoms with Crippen LogP contribution in [0.3, 0.4) is 0 Å². The van der Waals surface area contributed by atoms with Crippen molar-refractivity contribution in [3.63, 3.8) is 0 Å². The lowest BCUT2D eigenvalue weighted by Crippen LogP contribution is -2.18. The van der Waals surface area contributed by atoms with E-state index in [1.54, 1.807) is 0 Å². The quantitative estimate of drug-likeness (QED) is 0.733. The molecule has 0 bridgehead atoms. The Hall–Kier alpha value is -1.94. The molecule has 4 nitrogen and oxygen atoms in total. The molecule has 0 atom stereocenters. The highest BCUT2D eigenvalue weighted by molar-refractivity contribution is 5.85. The van der Waals surface area contributed by atoms with Crippen LogP contribution in [0, 0.1) is 12.8 Å². The Labute approximate surface area is 136 Å². The molecule has 1 saturated carbocycles. The Bertz CT molecular complexity index is 792. The number of pyridine rings is 2. The van der Waals surface area contributed by atoms with Crippen molar-refractivity contribution < 1.29 is 0 Å². The van der Waals surface area contributed by atoms with Crippen LogP contribution in [0.4, 0.5) is 0 Å². The fourth-order valence-electron chi connectivity index (χ4n) is 2.91. The molecule has 5 heteroatoms. The van der Waals surface area contributed by atoms with Crippen molar-refractivity contribution in [1.82, 2.24) is 19.7 Å². The summed E-state index contributed by atoms with van der Waals surface area (Å²) in [5.74, 6) is 0.813. The van der Waals surface area contributed by atoms with Crippen LogP contribution in [-0.2, 0) is 6.54 Å². The smallest absolute Gasteiger partial charge is 0.0916 e. The molecule has 0 saturated heterocycles. The van der Waals surface area contributed by atoms with Crippen molar-refractivity contribution in [2.45, 2.75) is 32.7 Å². The van der Waals surface area contributed by atoms with Gasteiger partial charge in [0, 0.05) is 24.5 Å². The first-order valence-electron chi connectivity index (χ1n) is 7.55. The zero-order chi connectivity index (χ0) is 14.2. The maximum atomic E-state index is 4.72. The summed E-state index contributed by atoms with van der Waals surface area (Å²) in [6.07, 6.45) is 9.90. The molecular formula is C17H19ClN4. The second-order valence-electron chi connectivity index (χ2n) is 5.94. The molecule has 1 fully saturated rings. The fourth-order valence-corrected chi connectivity index (χ4v) is 2.91. The van der Waals surface area contributed by atoms with E-state index >= 15 is 0 Å². The Morgan fingerprint density at radius 1 is 1.32 bits per heavy atom. The van der Waals surface area contributed by atoms with Gasteiger partial charge in [0.1, 0.15) is 0 Å². The van der Waals surface area contributed by atoms with Crippen LogP contribution in [0.15, 0.2) is 36.8 Å². The second kappa shape index (κ2) is 6.05. The lowest BCUT2D eigenvalue weighted by atomic mass is 9.85. The summed E-state index contributed by atoms with van der Waals surface area (Å²) >= 11 is 0. The van der Waals surface area contributed by atoms with E-state index in [-0.39, 0.29) is 12.4 Å². The van der Waals surface area contributed by atoms with E-state index in [2.05, 4.69) is 34.0 Å². The molecule has 0 radical (unpaired) electrons. The average molecular weight is 315 g/mol. The third kappa shape index (κ3) is 2.71. The second-order valence-corrected chi connectivity index (χ2v) is 5.94. The highest BCUT2D eigenvalue weighted by Crippen LogP contribution is 2.28. The van der Waals surface area contributed by atoms with Gasteiger partial charge in [0.05, 0.1) is 22.9 Å². The van der Waals surface area contributed by atoms with Crippen molar-refractivity contribution in [2.24, 2.45) is 5.92 Å². The molecule has 0 N–H and O–H groups in total. The average Bonchev–Trinajstić information content (AvgIpc) is 2.92. The van der Waals surface area contributed by atoms with Crippen molar-refractivity contribution in [3.8, 4) is 11.3 Å². The Balaban J connectivity index is 0.00000144. The molecular weight excluding hydrogens is 296 g/mol. The SMILES string of the molecule is Cc1cc(-c2cnn(CC3CCC3)c2)nc2cccnc12.Cl. The van der Waals surface area contributed by atoms with Crippen LogP contribution in [0.2, 0.25) is 0 Å². The van der Waals surface area contributed by atoms with Gasteiger partial charge in [-0.05, 0) is 49.4 Å². The van der Waals surface area contributed by atoms with E-state index < -0.39 is 0 Å². The summed E-state index contributed by atoms with van der Waals surface area (Å²) in [6, 6.07) is 6.04.